The minimum absolute atomic E-state index is 0.0210. The van der Waals surface area contributed by atoms with Crippen LogP contribution in [0.25, 0.3) is 11.1 Å². The van der Waals surface area contributed by atoms with Gasteiger partial charge in [-0.3, -0.25) is 19.2 Å². The molecule has 4 aromatic rings. The monoisotopic (exact) mass is 570 g/mol. The van der Waals surface area contributed by atoms with Crippen molar-refractivity contribution in [2.24, 2.45) is 0 Å². The highest BCUT2D eigenvalue weighted by Crippen LogP contribution is 2.43. The first-order chi connectivity index (χ1) is 20.1. The Labute approximate surface area is 235 Å². The van der Waals surface area contributed by atoms with E-state index in [1.165, 1.54) is 12.1 Å². The lowest BCUT2D eigenvalue weighted by molar-refractivity contribution is 0.0816. The smallest absolute Gasteiger partial charge is 0.234 e. The molecule has 0 aliphatic carbocycles. The maximum Gasteiger partial charge on any atom is 0.234 e. The van der Waals surface area contributed by atoms with Crippen LogP contribution in [0.5, 0.6) is 46.0 Å². The molecule has 0 unspecified atom stereocenters. The molecule has 6 rings (SSSR count). The number of Topliss-reactive ketones (excluding diaryl/α,β-unsaturated/α-hetero) is 4. The highest BCUT2D eigenvalue weighted by atomic mass is 16.7. The fraction of sp³-hybridized carbons (Fsp3) is 0.0667. The maximum absolute atomic E-state index is 13.5. The van der Waals surface area contributed by atoms with E-state index >= 15 is 0 Å². The standard InChI is InChI=1S/C30H18O12/c31-15-1-3-17(27(37)25(35)13-5-21(33)29-23(7-13)39-11-41-29)19(9-15)20-10-16(32)2-4-18(20)28(38)26(36)14-6-22(34)30-24(8-14)40-12-42-30/h1-10,31-34H,11-12H2. The van der Waals surface area contributed by atoms with Gasteiger partial charge in [-0.05, 0) is 71.8 Å². The Morgan fingerprint density at radius 1 is 0.500 bits per heavy atom. The Kier molecular flexibility index (Phi) is 6.15. The lowest BCUT2D eigenvalue weighted by atomic mass is 9.88. The van der Waals surface area contributed by atoms with Crippen molar-refractivity contribution in [3.63, 3.8) is 0 Å². The summed E-state index contributed by atoms with van der Waals surface area (Å²) in [7, 11) is 0. The normalized spacial score (nSPS) is 12.7. The van der Waals surface area contributed by atoms with Crippen molar-refractivity contribution in [1.29, 1.82) is 0 Å². The number of carbonyl (C=O) groups is 4. The molecule has 0 saturated heterocycles. The number of phenolic OH excluding ortho intramolecular Hbond substituents is 4. The van der Waals surface area contributed by atoms with Gasteiger partial charge in [0.25, 0.3) is 0 Å². The van der Waals surface area contributed by atoms with Crippen LogP contribution in [-0.4, -0.2) is 57.1 Å². The number of hydrogen-bond acceptors (Lipinski definition) is 12. The molecule has 2 aliphatic heterocycles. The first-order valence-corrected chi connectivity index (χ1v) is 12.2. The molecule has 12 nitrogen and oxygen atoms in total. The number of ketones is 4. The van der Waals surface area contributed by atoms with Crippen LogP contribution in [0.15, 0.2) is 60.7 Å². The molecule has 0 bridgehead atoms. The van der Waals surface area contributed by atoms with E-state index in [9.17, 15) is 39.6 Å². The molecule has 4 aromatic carbocycles. The fourth-order valence-electron chi connectivity index (χ4n) is 4.66. The Balaban J connectivity index is 1.41. The Hall–Kier alpha value is -6.04. The van der Waals surface area contributed by atoms with Gasteiger partial charge in [-0.1, -0.05) is 0 Å². The molecule has 42 heavy (non-hydrogen) atoms. The summed E-state index contributed by atoms with van der Waals surface area (Å²) in [5.41, 5.74) is -1.26. The van der Waals surface area contributed by atoms with Gasteiger partial charge in [-0.2, -0.15) is 0 Å². The van der Waals surface area contributed by atoms with Crippen molar-refractivity contribution >= 4 is 23.1 Å². The second kappa shape index (κ2) is 9.86. The van der Waals surface area contributed by atoms with Crippen LogP contribution in [0.4, 0.5) is 0 Å². The number of hydrogen-bond donors (Lipinski definition) is 4. The summed E-state index contributed by atoms with van der Waals surface area (Å²) in [6, 6.07) is 11.3. The Bertz CT molecular complexity index is 1720. The summed E-state index contributed by atoms with van der Waals surface area (Å²) in [5.74, 6) is -5.65. The molecule has 0 saturated carbocycles. The van der Waals surface area contributed by atoms with Crippen LogP contribution in [-0.2, 0) is 0 Å². The summed E-state index contributed by atoms with van der Waals surface area (Å²) in [5, 5.41) is 40.9. The zero-order valence-corrected chi connectivity index (χ0v) is 21.2. The van der Waals surface area contributed by atoms with Crippen LogP contribution >= 0.6 is 0 Å². The molecule has 0 atom stereocenters. The minimum Gasteiger partial charge on any atom is -0.508 e. The van der Waals surface area contributed by atoms with E-state index in [1.54, 1.807) is 0 Å². The zero-order valence-electron chi connectivity index (χ0n) is 21.2. The van der Waals surface area contributed by atoms with E-state index in [4.69, 9.17) is 18.9 Å². The SMILES string of the molecule is O=C(C(=O)c1ccc(O)cc1-c1cc(O)ccc1C(=O)C(=O)c1cc(O)c2c(c1)OCO2)c1cc(O)c2c(c1)OCO2. The average Bonchev–Trinajstić information content (AvgIpc) is 3.66. The van der Waals surface area contributed by atoms with Crippen molar-refractivity contribution < 1.29 is 58.6 Å². The Morgan fingerprint density at radius 3 is 1.31 bits per heavy atom. The maximum atomic E-state index is 13.5. The number of fused-ring (bicyclic) bond motifs is 2. The van der Waals surface area contributed by atoms with Gasteiger partial charge in [0.1, 0.15) is 11.5 Å². The predicted octanol–water partition coefficient (Wildman–Crippen LogP) is 3.76. The lowest BCUT2D eigenvalue weighted by Crippen LogP contribution is -2.18. The van der Waals surface area contributed by atoms with Crippen LogP contribution in [0, 0.1) is 0 Å². The summed E-state index contributed by atoms with van der Waals surface area (Å²) in [6.07, 6.45) is 0. The van der Waals surface area contributed by atoms with Gasteiger partial charge < -0.3 is 39.4 Å². The predicted molar refractivity (Wildman–Crippen MR) is 141 cm³/mol. The number of carbonyl (C=O) groups excluding carboxylic acids is 4. The molecule has 0 amide bonds. The highest BCUT2D eigenvalue weighted by molar-refractivity contribution is 6.52. The average molecular weight is 570 g/mol. The second-order valence-corrected chi connectivity index (χ2v) is 9.23. The number of ether oxygens (including phenoxy) is 4. The summed E-state index contributed by atoms with van der Waals surface area (Å²) in [4.78, 5) is 53.4. The van der Waals surface area contributed by atoms with E-state index < -0.39 is 34.6 Å². The van der Waals surface area contributed by atoms with Gasteiger partial charge in [-0.25, -0.2) is 0 Å². The third kappa shape index (κ3) is 4.36. The van der Waals surface area contributed by atoms with Gasteiger partial charge in [0.2, 0.25) is 48.2 Å². The zero-order chi connectivity index (χ0) is 29.7. The fourth-order valence-corrected chi connectivity index (χ4v) is 4.66. The molecule has 0 radical (unpaired) electrons. The second-order valence-electron chi connectivity index (χ2n) is 9.23. The van der Waals surface area contributed by atoms with Crippen molar-refractivity contribution in [2.45, 2.75) is 0 Å². The molecule has 4 N–H and O–H groups in total. The van der Waals surface area contributed by atoms with Crippen LogP contribution in [0.3, 0.4) is 0 Å². The third-order valence-electron chi connectivity index (χ3n) is 6.63. The summed E-state index contributed by atoms with van der Waals surface area (Å²) >= 11 is 0. The highest BCUT2D eigenvalue weighted by Gasteiger charge is 2.30. The first kappa shape index (κ1) is 26.2. The van der Waals surface area contributed by atoms with E-state index in [0.29, 0.717) is 0 Å². The van der Waals surface area contributed by atoms with E-state index in [1.807, 2.05) is 0 Å². The summed E-state index contributed by atoms with van der Waals surface area (Å²) < 4.78 is 20.6. The Morgan fingerprint density at radius 2 is 0.905 bits per heavy atom. The molecule has 0 aromatic heterocycles. The van der Waals surface area contributed by atoms with Crippen molar-refractivity contribution in [1.82, 2.24) is 0 Å². The molecule has 210 valence electrons. The van der Waals surface area contributed by atoms with E-state index in [-0.39, 0.29) is 81.5 Å². The quantitative estimate of drug-likeness (QED) is 0.186. The van der Waals surface area contributed by atoms with Crippen LogP contribution < -0.4 is 18.9 Å². The van der Waals surface area contributed by atoms with Gasteiger partial charge in [-0.15, -0.1) is 0 Å². The van der Waals surface area contributed by atoms with Crippen molar-refractivity contribution in [2.75, 3.05) is 13.6 Å². The molecule has 2 heterocycles. The van der Waals surface area contributed by atoms with E-state index in [0.717, 1.165) is 48.5 Å². The molecular weight excluding hydrogens is 552 g/mol. The largest absolute Gasteiger partial charge is 0.508 e. The molecule has 0 fully saturated rings. The first-order valence-electron chi connectivity index (χ1n) is 12.2. The molecule has 0 spiro atoms. The molecular formula is C30H18O12. The van der Waals surface area contributed by atoms with Crippen LogP contribution in [0.2, 0.25) is 0 Å². The van der Waals surface area contributed by atoms with E-state index in [2.05, 4.69) is 0 Å². The van der Waals surface area contributed by atoms with Gasteiger partial charge in [0.15, 0.2) is 23.0 Å². The van der Waals surface area contributed by atoms with Crippen LogP contribution in [0.1, 0.15) is 41.4 Å². The number of aromatic hydroxyl groups is 4. The lowest BCUT2D eigenvalue weighted by Gasteiger charge is -2.14. The van der Waals surface area contributed by atoms with Crippen molar-refractivity contribution in [3.8, 4) is 57.1 Å². The topological polar surface area (TPSA) is 186 Å². The van der Waals surface area contributed by atoms with Crippen molar-refractivity contribution in [3.05, 3.63) is 82.9 Å². The van der Waals surface area contributed by atoms with Gasteiger partial charge in [0, 0.05) is 22.3 Å². The minimum atomic E-state index is -1.09. The number of benzene rings is 4. The number of phenols is 4. The molecule has 2 aliphatic rings. The molecule has 12 heteroatoms. The van der Waals surface area contributed by atoms with Gasteiger partial charge >= 0.3 is 0 Å². The number of rotatable bonds is 7. The summed E-state index contributed by atoms with van der Waals surface area (Å²) in [6.45, 7) is -0.370. The third-order valence-corrected chi connectivity index (χ3v) is 6.63. The van der Waals surface area contributed by atoms with Gasteiger partial charge in [0.05, 0.1) is 0 Å².